The molecule has 1 unspecified atom stereocenters. The first-order chi connectivity index (χ1) is 9.02. The summed E-state index contributed by atoms with van der Waals surface area (Å²) in [5.41, 5.74) is 1.26. The maximum atomic E-state index is 11.4. The van der Waals surface area contributed by atoms with Crippen LogP contribution in [-0.4, -0.2) is 24.7 Å². The fourth-order valence-corrected chi connectivity index (χ4v) is 1.66. The number of ether oxygens (including phenoxy) is 1. The minimum absolute atomic E-state index is 0.285. The number of halogens is 1. The fourth-order valence-electron chi connectivity index (χ4n) is 1.56. The topological polar surface area (TPSA) is 50.4 Å². The monoisotopic (exact) mass is 284 g/mol. The molecule has 0 bridgehead atoms. The third-order valence-electron chi connectivity index (χ3n) is 2.57. The summed E-state index contributed by atoms with van der Waals surface area (Å²) in [6.07, 6.45) is -0.403. The van der Waals surface area contributed by atoms with E-state index in [2.05, 4.69) is 24.5 Å². The quantitative estimate of drug-likeness (QED) is 0.623. The Balaban J connectivity index is 2.43. The molecule has 1 aromatic carbocycles. The van der Waals surface area contributed by atoms with E-state index in [-0.39, 0.29) is 6.03 Å². The molecule has 1 rings (SSSR count). The van der Waals surface area contributed by atoms with Crippen molar-refractivity contribution < 1.29 is 9.53 Å². The predicted octanol–water partition coefficient (Wildman–Crippen LogP) is 3.07. The second-order valence-electron chi connectivity index (χ2n) is 4.57. The van der Waals surface area contributed by atoms with Crippen molar-refractivity contribution in [2.75, 3.05) is 12.4 Å². The Morgan fingerprint density at radius 3 is 2.42 bits per heavy atom. The summed E-state index contributed by atoms with van der Waals surface area (Å²) >= 11 is 5.48. The molecule has 0 aromatic heterocycles. The minimum atomic E-state index is -0.403. The second-order valence-corrected chi connectivity index (χ2v) is 4.95. The maximum absolute atomic E-state index is 11.4. The Kier molecular flexibility index (Phi) is 6.50. The summed E-state index contributed by atoms with van der Waals surface area (Å²) in [5, 5.41) is 5.28. The summed E-state index contributed by atoms with van der Waals surface area (Å²) in [4.78, 5) is 11.4. The van der Waals surface area contributed by atoms with Crippen molar-refractivity contribution in [1.29, 1.82) is 0 Å². The van der Waals surface area contributed by atoms with Gasteiger partial charge in [-0.1, -0.05) is 26.0 Å². The Morgan fingerprint density at radius 2 is 1.89 bits per heavy atom. The van der Waals surface area contributed by atoms with E-state index in [1.807, 2.05) is 24.3 Å². The Labute approximate surface area is 119 Å². The van der Waals surface area contributed by atoms with Crippen molar-refractivity contribution >= 4 is 17.6 Å². The van der Waals surface area contributed by atoms with E-state index in [4.69, 9.17) is 16.3 Å². The number of alkyl halides is 1. The number of nitrogens with one attached hydrogen (secondary N) is 2. The van der Waals surface area contributed by atoms with Gasteiger partial charge in [-0.3, -0.25) is 0 Å². The summed E-state index contributed by atoms with van der Waals surface area (Å²) in [7, 11) is 0. The smallest absolute Gasteiger partial charge is 0.317 e. The first-order valence-corrected chi connectivity index (χ1v) is 6.93. The summed E-state index contributed by atoms with van der Waals surface area (Å²) < 4.78 is 5.59. The van der Waals surface area contributed by atoms with E-state index in [9.17, 15) is 4.79 Å². The van der Waals surface area contributed by atoms with Crippen LogP contribution < -0.4 is 15.4 Å². The second kappa shape index (κ2) is 7.89. The van der Waals surface area contributed by atoms with Crippen LogP contribution in [0.1, 0.15) is 32.3 Å². The van der Waals surface area contributed by atoms with Crippen molar-refractivity contribution in [3.8, 4) is 5.75 Å². The lowest BCUT2D eigenvalue weighted by atomic mass is 10.0. The molecule has 0 saturated heterocycles. The highest BCUT2D eigenvalue weighted by Crippen LogP contribution is 2.18. The molecule has 0 saturated carbocycles. The van der Waals surface area contributed by atoms with Crippen LogP contribution in [0.25, 0.3) is 0 Å². The van der Waals surface area contributed by atoms with Gasteiger partial charge in [-0.05, 0) is 30.5 Å². The molecule has 2 amide bonds. The molecule has 0 fully saturated rings. The zero-order chi connectivity index (χ0) is 14.3. The molecule has 1 aromatic rings. The highest BCUT2D eigenvalue weighted by Gasteiger charge is 2.08. The molecule has 0 aliphatic heterocycles. The number of hydrogen-bond donors (Lipinski definition) is 2. The third-order valence-corrected chi connectivity index (χ3v) is 2.76. The predicted molar refractivity (Wildman–Crippen MR) is 77.9 cm³/mol. The van der Waals surface area contributed by atoms with E-state index in [1.165, 1.54) is 5.56 Å². The number of hydrogen-bond acceptors (Lipinski definition) is 2. The molecular weight excluding hydrogens is 264 g/mol. The van der Waals surface area contributed by atoms with Gasteiger partial charge in [0.05, 0.1) is 0 Å². The summed E-state index contributed by atoms with van der Waals surface area (Å²) in [6.45, 7) is 6.49. The first-order valence-electron chi connectivity index (χ1n) is 6.40. The van der Waals surface area contributed by atoms with Gasteiger partial charge in [-0.25, -0.2) is 4.79 Å². The molecule has 19 heavy (non-hydrogen) atoms. The Hall–Kier alpha value is -1.42. The van der Waals surface area contributed by atoms with Crippen LogP contribution in [0.5, 0.6) is 5.75 Å². The SMILES string of the molecule is CC(NC(=O)NCCCl)Oc1ccc(C(C)C)cc1. The van der Waals surface area contributed by atoms with Gasteiger partial charge < -0.3 is 15.4 Å². The Bertz CT molecular complexity index is 393. The highest BCUT2D eigenvalue weighted by molar-refractivity contribution is 6.18. The minimum Gasteiger partial charge on any atom is -0.471 e. The van der Waals surface area contributed by atoms with Crippen LogP contribution in [0, 0.1) is 0 Å². The molecule has 0 spiro atoms. The van der Waals surface area contributed by atoms with Gasteiger partial charge in [-0.15, -0.1) is 11.6 Å². The van der Waals surface area contributed by atoms with Crippen molar-refractivity contribution in [1.82, 2.24) is 10.6 Å². The van der Waals surface area contributed by atoms with E-state index < -0.39 is 6.23 Å². The molecule has 4 nitrogen and oxygen atoms in total. The van der Waals surface area contributed by atoms with Crippen molar-refractivity contribution in [3.05, 3.63) is 29.8 Å². The average Bonchev–Trinajstić information content (AvgIpc) is 2.36. The number of urea groups is 1. The van der Waals surface area contributed by atoms with Crippen molar-refractivity contribution in [3.63, 3.8) is 0 Å². The fraction of sp³-hybridized carbons (Fsp3) is 0.500. The molecule has 0 radical (unpaired) electrons. The lowest BCUT2D eigenvalue weighted by Gasteiger charge is -2.17. The van der Waals surface area contributed by atoms with Crippen LogP contribution >= 0.6 is 11.6 Å². The van der Waals surface area contributed by atoms with E-state index >= 15 is 0 Å². The summed E-state index contributed by atoms with van der Waals surface area (Å²) in [5.74, 6) is 1.61. The van der Waals surface area contributed by atoms with Gasteiger partial charge >= 0.3 is 6.03 Å². The lowest BCUT2D eigenvalue weighted by Crippen LogP contribution is -2.43. The van der Waals surface area contributed by atoms with Crippen LogP contribution in [0.4, 0.5) is 4.79 Å². The maximum Gasteiger partial charge on any atom is 0.317 e. The standard InChI is InChI=1S/C14H21ClN2O2/c1-10(2)12-4-6-13(7-5-12)19-11(3)17-14(18)16-9-8-15/h4-7,10-11H,8-9H2,1-3H3,(H2,16,17,18). The van der Waals surface area contributed by atoms with Crippen molar-refractivity contribution in [2.45, 2.75) is 32.9 Å². The van der Waals surface area contributed by atoms with E-state index in [0.717, 1.165) is 5.75 Å². The Morgan fingerprint density at radius 1 is 1.26 bits per heavy atom. The number of rotatable bonds is 6. The number of carbonyl (C=O) groups is 1. The molecule has 0 aliphatic carbocycles. The summed E-state index contributed by atoms with van der Waals surface area (Å²) in [6, 6.07) is 7.58. The molecule has 106 valence electrons. The first kappa shape index (κ1) is 15.6. The molecule has 1 atom stereocenters. The third kappa shape index (κ3) is 5.83. The van der Waals surface area contributed by atoms with E-state index in [0.29, 0.717) is 18.3 Å². The van der Waals surface area contributed by atoms with Gasteiger partial charge in [0.2, 0.25) is 0 Å². The van der Waals surface area contributed by atoms with Gasteiger partial charge in [0.1, 0.15) is 5.75 Å². The molecule has 0 aliphatic rings. The van der Waals surface area contributed by atoms with Gasteiger partial charge in [-0.2, -0.15) is 0 Å². The number of carbonyl (C=O) groups excluding carboxylic acids is 1. The van der Waals surface area contributed by atoms with Crippen LogP contribution in [0.3, 0.4) is 0 Å². The molecule has 5 heteroatoms. The lowest BCUT2D eigenvalue weighted by molar-refractivity contribution is 0.177. The molecule has 2 N–H and O–H groups in total. The average molecular weight is 285 g/mol. The van der Waals surface area contributed by atoms with E-state index in [1.54, 1.807) is 6.92 Å². The van der Waals surface area contributed by atoms with Gasteiger partial charge in [0.25, 0.3) is 0 Å². The number of amides is 2. The zero-order valence-electron chi connectivity index (χ0n) is 11.6. The molecule has 0 heterocycles. The normalized spacial score (nSPS) is 12.1. The highest BCUT2D eigenvalue weighted by atomic mass is 35.5. The van der Waals surface area contributed by atoms with Crippen molar-refractivity contribution in [2.24, 2.45) is 0 Å². The number of benzene rings is 1. The van der Waals surface area contributed by atoms with Gasteiger partial charge in [0, 0.05) is 12.4 Å². The van der Waals surface area contributed by atoms with Crippen LogP contribution in [0.2, 0.25) is 0 Å². The van der Waals surface area contributed by atoms with Crippen LogP contribution in [-0.2, 0) is 0 Å². The largest absolute Gasteiger partial charge is 0.471 e. The zero-order valence-corrected chi connectivity index (χ0v) is 12.3. The van der Waals surface area contributed by atoms with Gasteiger partial charge in [0.15, 0.2) is 6.23 Å². The molecular formula is C14H21ClN2O2. The van der Waals surface area contributed by atoms with Crippen LogP contribution in [0.15, 0.2) is 24.3 Å².